The van der Waals surface area contributed by atoms with Crippen LogP contribution in [0.5, 0.6) is 0 Å². The van der Waals surface area contributed by atoms with Crippen LogP contribution < -0.4 is 0 Å². The van der Waals surface area contributed by atoms with Crippen LogP contribution in [0.15, 0.2) is 0 Å². The molecule has 0 N–H and O–H groups in total. The smallest absolute Gasteiger partial charge is 0.460 e. The fourth-order valence-corrected chi connectivity index (χ4v) is 2.51. The average Bonchev–Trinajstić information content (AvgIpc) is 3.22. The van der Waals surface area contributed by atoms with Crippen molar-refractivity contribution in [3.63, 3.8) is 0 Å². The summed E-state index contributed by atoms with van der Waals surface area (Å²) in [6, 6.07) is 0. The van der Waals surface area contributed by atoms with E-state index in [1.165, 1.54) is 6.92 Å². The van der Waals surface area contributed by atoms with Crippen molar-refractivity contribution in [2.45, 2.75) is 51.6 Å². The van der Waals surface area contributed by atoms with E-state index < -0.39 is 79.9 Å². The Morgan fingerprint density at radius 2 is 1.24 bits per heavy atom. The summed E-state index contributed by atoms with van der Waals surface area (Å²) in [5.74, 6) is -5.65. The molecule has 0 aromatic rings. The van der Waals surface area contributed by atoms with Gasteiger partial charge in [-0.3, -0.25) is 19.2 Å². The van der Waals surface area contributed by atoms with Crippen molar-refractivity contribution in [2.75, 3.05) is 13.2 Å². The van der Waals surface area contributed by atoms with Crippen LogP contribution in [0.3, 0.4) is 0 Å². The van der Waals surface area contributed by atoms with E-state index in [0.29, 0.717) is 10.1 Å². The molecule has 0 aromatic heterocycles. The Kier molecular flexibility index (Phi) is 8.82. The summed E-state index contributed by atoms with van der Waals surface area (Å²) in [6.07, 6.45) is -3.57. The molecule has 33 heavy (non-hydrogen) atoms. The number of hydrogen-bond acceptors (Lipinski definition) is 13. The first-order valence-corrected chi connectivity index (χ1v) is 9.69. The van der Waals surface area contributed by atoms with Gasteiger partial charge in [-0.1, -0.05) is 0 Å². The van der Waals surface area contributed by atoms with Gasteiger partial charge in [-0.05, 0) is 6.92 Å². The van der Waals surface area contributed by atoms with Gasteiger partial charge >= 0.3 is 24.1 Å². The zero-order chi connectivity index (χ0) is 24.5. The molecular formula is C18H20N2O13. The van der Waals surface area contributed by atoms with Crippen molar-refractivity contribution in [1.29, 1.82) is 0 Å². The zero-order valence-electron chi connectivity index (χ0n) is 17.4. The molecule has 0 saturated carbocycles. The minimum atomic E-state index is -1.31. The molecule has 15 heteroatoms. The van der Waals surface area contributed by atoms with Crippen molar-refractivity contribution in [3.8, 4) is 0 Å². The molecular weight excluding hydrogens is 452 g/mol. The third kappa shape index (κ3) is 7.86. The molecule has 0 spiro atoms. The number of amides is 4. The fraction of sp³-hybridized carbons (Fsp3) is 0.556. The summed E-state index contributed by atoms with van der Waals surface area (Å²) in [7, 11) is 0. The Hall–Kier alpha value is -4.04. The van der Waals surface area contributed by atoms with Gasteiger partial charge in [-0.25, -0.2) is 19.2 Å². The second-order valence-electron chi connectivity index (χ2n) is 6.73. The number of ether oxygens (including phenoxy) is 3. The summed E-state index contributed by atoms with van der Waals surface area (Å²) >= 11 is 0. The number of imide groups is 2. The fourth-order valence-electron chi connectivity index (χ4n) is 2.51. The second-order valence-corrected chi connectivity index (χ2v) is 6.73. The lowest BCUT2D eigenvalue weighted by Crippen LogP contribution is -2.33. The van der Waals surface area contributed by atoms with E-state index in [0.717, 1.165) is 0 Å². The van der Waals surface area contributed by atoms with Gasteiger partial charge in [0.2, 0.25) is 0 Å². The van der Waals surface area contributed by atoms with Crippen LogP contribution in [0.4, 0.5) is 4.79 Å². The Bertz CT molecular complexity index is 835. The molecule has 2 aliphatic heterocycles. The Balaban J connectivity index is 1.58. The first-order valence-electron chi connectivity index (χ1n) is 9.69. The van der Waals surface area contributed by atoms with E-state index >= 15 is 0 Å². The predicted octanol–water partition coefficient (Wildman–Crippen LogP) is -0.934. The number of carbonyl (C=O) groups is 8. The van der Waals surface area contributed by atoms with Crippen LogP contribution in [-0.4, -0.2) is 77.1 Å². The maximum Gasteiger partial charge on any atom is 0.508 e. The van der Waals surface area contributed by atoms with Gasteiger partial charge in [-0.2, -0.15) is 0 Å². The van der Waals surface area contributed by atoms with E-state index in [1.807, 2.05) is 0 Å². The highest BCUT2D eigenvalue weighted by Crippen LogP contribution is 2.14. The molecule has 0 bridgehead atoms. The van der Waals surface area contributed by atoms with Crippen LogP contribution in [0.1, 0.15) is 45.4 Å². The summed E-state index contributed by atoms with van der Waals surface area (Å²) in [5, 5.41) is 0.696. The highest BCUT2D eigenvalue weighted by Gasteiger charge is 2.34. The number of rotatable bonds is 10. The first-order chi connectivity index (χ1) is 15.6. The zero-order valence-corrected chi connectivity index (χ0v) is 17.4. The molecule has 4 amide bonds. The van der Waals surface area contributed by atoms with Crippen molar-refractivity contribution >= 4 is 47.7 Å². The van der Waals surface area contributed by atoms with Gasteiger partial charge in [0.25, 0.3) is 23.6 Å². The monoisotopic (exact) mass is 472 g/mol. The van der Waals surface area contributed by atoms with Crippen LogP contribution in [0, 0.1) is 0 Å². The van der Waals surface area contributed by atoms with Crippen LogP contribution in [-0.2, 0) is 57.4 Å². The third-order valence-electron chi connectivity index (χ3n) is 4.02. The van der Waals surface area contributed by atoms with E-state index in [-0.39, 0.29) is 25.7 Å². The minimum Gasteiger partial charge on any atom is -0.460 e. The third-order valence-corrected chi connectivity index (χ3v) is 4.02. The highest BCUT2D eigenvalue weighted by atomic mass is 16.7. The van der Waals surface area contributed by atoms with Gasteiger partial charge in [0.05, 0.1) is 12.8 Å². The van der Waals surface area contributed by atoms with E-state index in [9.17, 15) is 38.4 Å². The lowest BCUT2D eigenvalue weighted by molar-refractivity contribution is -0.199. The quantitative estimate of drug-likeness (QED) is 0.280. The van der Waals surface area contributed by atoms with Crippen molar-refractivity contribution in [3.05, 3.63) is 0 Å². The van der Waals surface area contributed by atoms with Crippen molar-refractivity contribution < 1.29 is 62.2 Å². The maximum atomic E-state index is 11.7. The highest BCUT2D eigenvalue weighted by molar-refractivity contribution is 6.02. The van der Waals surface area contributed by atoms with Crippen LogP contribution in [0.2, 0.25) is 0 Å². The van der Waals surface area contributed by atoms with E-state index in [2.05, 4.69) is 19.1 Å². The molecule has 0 radical (unpaired) electrons. The molecule has 2 saturated heterocycles. The summed E-state index contributed by atoms with van der Waals surface area (Å²) < 4.78 is 13.8. The molecule has 1 atom stereocenters. The standard InChI is InChI=1S/C18H20N2O13/c1-10(8-16(26)33-20-13(23)4-5-14(20)24)31-17(27)9-30-18(28)29-7-6-15(25)32-19-11(21)2-3-12(19)22/h10H,2-9H2,1H3. The molecule has 2 heterocycles. The molecule has 2 rings (SSSR count). The van der Waals surface area contributed by atoms with Gasteiger partial charge in [0.1, 0.15) is 12.7 Å². The minimum absolute atomic E-state index is 0.0664. The Labute approximate surface area is 185 Å². The lowest BCUT2D eigenvalue weighted by atomic mass is 10.3. The van der Waals surface area contributed by atoms with Gasteiger partial charge in [-0.15, -0.1) is 10.1 Å². The Morgan fingerprint density at radius 3 is 1.76 bits per heavy atom. The number of nitrogens with zero attached hydrogens (tertiary/aromatic N) is 2. The predicted molar refractivity (Wildman–Crippen MR) is 96.4 cm³/mol. The molecule has 1 unspecified atom stereocenters. The number of esters is 1. The molecule has 180 valence electrons. The topological polar surface area (TPSA) is 189 Å². The normalized spacial score (nSPS) is 16.5. The molecule has 2 fully saturated rings. The van der Waals surface area contributed by atoms with Gasteiger partial charge < -0.3 is 23.9 Å². The van der Waals surface area contributed by atoms with Crippen molar-refractivity contribution in [2.24, 2.45) is 0 Å². The largest absolute Gasteiger partial charge is 0.508 e. The molecule has 2 aliphatic rings. The maximum absolute atomic E-state index is 11.7. The van der Waals surface area contributed by atoms with E-state index in [1.54, 1.807) is 0 Å². The second kappa shape index (κ2) is 11.5. The Morgan fingerprint density at radius 1 is 0.758 bits per heavy atom. The lowest BCUT2D eigenvalue weighted by Gasteiger charge is -2.15. The SMILES string of the molecule is CC(CC(=O)ON1C(=O)CCC1=O)OC(=O)COC(=O)OCCC(=O)ON1C(=O)CCC1=O. The molecule has 0 aliphatic carbocycles. The van der Waals surface area contributed by atoms with Crippen LogP contribution >= 0.6 is 0 Å². The van der Waals surface area contributed by atoms with Gasteiger partial charge in [0, 0.05) is 25.7 Å². The van der Waals surface area contributed by atoms with Crippen molar-refractivity contribution in [1.82, 2.24) is 10.1 Å². The number of hydrogen-bond donors (Lipinski definition) is 0. The number of hydroxylamine groups is 4. The van der Waals surface area contributed by atoms with E-state index in [4.69, 9.17) is 4.74 Å². The summed E-state index contributed by atoms with van der Waals surface area (Å²) in [4.78, 5) is 101. The molecule has 0 aromatic carbocycles. The average molecular weight is 472 g/mol. The van der Waals surface area contributed by atoms with Crippen LogP contribution in [0.25, 0.3) is 0 Å². The first kappa shape index (κ1) is 25.2. The number of carbonyl (C=O) groups excluding carboxylic acids is 8. The van der Waals surface area contributed by atoms with Gasteiger partial charge in [0.15, 0.2) is 6.61 Å². The molecule has 15 nitrogen and oxygen atoms in total. The summed E-state index contributed by atoms with van der Waals surface area (Å²) in [6.45, 7) is -0.0613. The summed E-state index contributed by atoms with van der Waals surface area (Å²) in [5.41, 5.74) is 0.